The molecule has 0 saturated heterocycles. The van der Waals surface area contributed by atoms with Crippen molar-refractivity contribution in [3.05, 3.63) is 29.6 Å². The minimum atomic E-state index is -4.42. The predicted octanol–water partition coefficient (Wildman–Crippen LogP) is 1.65. The summed E-state index contributed by atoms with van der Waals surface area (Å²) in [5.41, 5.74) is 5.56. The fourth-order valence-electron chi connectivity index (χ4n) is 1.54. The average molecular weight is 266 g/mol. The molecule has 0 bridgehead atoms. The van der Waals surface area contributed by atoms with Gasteiger partial charge in [0.05, 0.1) is 6.61 Å². The normalized spacial score (nSPS) is 11.7. The van der Waals surface area contributed by atoms with Gasteiger partial charge in [0.1, 0.15) is 12.4 Å². The summed E-state index contributed by atoms with van der Waals surface area (Å²) in [6.07, 6.45) is -4.42. The Balaban J connectivity index is 2.95. The molecule has 0 aliphatic heterocycles. The molecular weight excluding hydrogens is 252 g/mol. The van der Waals surface area contributed by atoms with E-state index in [0.29, 0.717) is 0 Å². The number of halogens is 4. The molecule has 0 radical (unpaired) electrons. The molecule has 1 aromatic carbocycles. The standard InChI is InChI=1S/C11H14F4N2O/c12-10-5-9(2-1-8(10)6-16)17(3-4-18)7-11(13,14)15/h1-2,5,18H,3-4,6-7,16H2. The predicted molar refractivity (Wildman–Crippen MR) is 59.6 cm³/mol. The summed E-state index contributed by atoms with van der Waals surface area (Å²) in [4.78, 5) is 0.864. The van der Waals surface area contributed by atoms with Gasteiger partial charge in [0.15, 0.2) is 0 Å². The van der Waals surface area contributed by atoms with Crippen LogP contribution in [0.15, 0.2) is 18.2 Å². The first-order chi connectivity index (χ1) is 8.37. The van der Waals surface area contributed by atoms with Crippen molar-refractivity contribution >= 4 is 5.69 Å². The van der Waals surface area contributed by atoms with Gasteiger partial charge in [-0.05, 0) is 12.1 Å². The van der Waals surface area contributed by atoms with Crippen molar-refractivity contribution in [3.63, 3.8) is 0 Å². The topological polar surface area (TPSA) is 49.5 Å². The smallest absolute Gasteiger partial charge is 0.395 e. The van der Waals surface area contributed by atoms with E-state index in [1.165, 1.54) is 12.1 Å². The zero-order chi connectivity index (χ0) is 13.8. The molecule has 0 aromatic heterocycles. The highest BCUT2D eigenvalue weighted by Crippen LogP contribution is 2.23. The van der Waals surface area contributed by atoms with Crippen LogP contribution >= 0.6 is 0 Å². The molecule has 18 heavy (non-hydrogen) atoms. The molecule has 7 heteroatoms. The lowest BCUT2D eigenvalue weighted by molar-refractivity contribution is -0.119. The highest BCUT2D eigenvalue weighted by atomic mass is 19.4. The highest BCUT2D eigenvalue weighted by molar-refractivity contribution is 5.48. The quantitative estimate of drug-likeness (QED) is 0.797. The van der Waals surface area contributed by atoms with Crippen LogP contribution in [0.5, 0.6) is 0 Å². The molecule has 0 heterocycles. The molecule has 3 N–H and O–H groups in total. The molecule has 1 rings (SSSR count). The summed E-state index contributed by atoms with van der Waals surface area (Å²) in [6, 6.07) is 3.68. The fraction of sp³-hybridized carbons (Fsp3) is 0.455. The molecule has 0 saturated carbocycles. The van der Waals surface area contributed by atoms with Gasteiger partial charge in [0.2, 0.25) is 0 Å². The molecule has 0 aliphatic rings. The fourth-order valence-corrected chi connectivity index (χ4v) is 1.54. The Bertz CT molecular complexity index is 395. The van der Waals surface area contributed by atoms with Gasteiger partial charge in [0, 0.05) is 24.3 Å². The van der Waals surface area contributed by atoms with Crippen molar-refractivity contribution in [2.45, 2.75) is 12.7 Å². The Morgan fingerprint density at radius 3 is 2.39 bits per heavy atom. The number of anilines is 1. The van der Waals surface area contributed by atoms with Crippen LogP contribution in [-0.4, -0.2) is 31.0 Å². The van der Waals surface area contributed by atoms with Crippen LogP contribution in [0.25, 0.3) is 0 Å². The second-order valence-electron chi connectivity index (χ2n) is 3.74. The van der Waals surface area contributed by atoms with E-state index in [4.69, 9.17) is 10.8 Å². The van der Waals surface area contributed by atoms with Gasteiger partial charge in [-0.25, -0.2) is 4.39 Å². The van der Waals surface area contributed by atoms with Gasteiger partial charge in [-0.15, -0.1) is 0 Å². The van der Waals surface area contributed by atoms with E-state index >= 15 is 0 Å². The number of benzene rings is 1. The first-order valence-corrected chi connectivity index (χ1v) is 5.28. The van der Waals surface area contributed by atoms with E-state index in [2.05, 4.69) is 0 Å². The Morgan fingerprint density at radius 1 is 1.28 bits per heavy atom. The van der Waals surface area contributed by atoms with E-state index in [0.717, 1.165) is 11.0 Å². The summed E-state index contributed by atoms with van der Waals surface area (Å²) in [5.74, 6) is -0.653. The monoisotopic (exact) mass is 266 g/mol. The second kappa shape index (κ2) is 6.01. The maximum atomic E-state index is 13.4. The molecule has 102 valence electrons. The number of rotatable bonds is 5. The van der Waals surface area contributed by atoms with Crippen molar-refractivity contribution in [2.75, 3.05) is 24.6 Å². The first-order valence-electron chi connectivity index (χ1n) is 5.28. The van der Waals surface area contributed by atoms with Gasteiger partial charge in [-0.1, -0.05) is 6.07 Å². The lowest BCUT2D eigenvalue weighted by atomic mass is 10.2. The van der Waals surface area contributed by atoms with Crippen LogP contribution in [0.4, 0.5) is 23.2 Å². The Labute approximate surface area is 102 Å². The summed E-state index contributed by atoms with van der Waals surface area (Å²) in [7, 11) is 0. The van der Waals surface area contributed by atoms with Gasteiger partial charge in [-0.3, -0.25) is 0 Å². The van der Waals surface area contributed by atoms with E-state index < -0.39 is 25.1 Å². The molecule has 0 atom stereocenters. The number of nitrogens with zero attached hydrogens (tertiary/aromatic N) is 1. The highest BCUT2D eigenvalue weighted by Gasteiger charge is 2.30. The van der Waals surface area contributed by atoms with Gasteiger partial charge >= 0.3 is 6.18 Å². The van der Waals surface area contributed by atoms with Gasteiger partial charge in [-0.2, -0.15) is 13.2 Å². The maximum Gasteiger partial charge on any atom is 0.405 e. The Morgan fingerprint density at radius 2 is 1.94 bits per heavy atom. The van der Waals surface area contributed by atoms with Crippen molar-refractivity contribution in [3.8, 4) is 0 Å². The minimum absolute atomic E-state index is 0.0224. The van der Waals surface area contributed by atoms with Gasteiger partial charge < -0.3 is 15.7 Å². The molecule has 0 amide bonds. The van der Waals surface area contributed by atoms with Crippen LogP contribution in [-0.2, 0) is 6.54 Å². The number of nitrogens with two attached hydrogens (primary N) is 1. The molecule has 0 fully saturated rings. The zero-order valence-corrected chi connectivity index (χ0v) is 9.54. The van der Waals surface area contributed by atoms with E-state index in [1.54, 1.807) is 0 Å². The summed E-state index contributed by atoms with van der Waals surface area (Å²) >= 11 is 0. The molecule has 0 aliphatic carbocycles. The molecular formula is C11H14F4N2O. The number of aliphatic hydroxyl groups excluding tert-OH is 1. The van der Waals surface area contributed by atoms with Crippen molar-refractivity contribution in [2.24, 2.45) is 5.73 Å². The van der Waals surface area contributed by atoms with Gasteiger partial charge in [0.25, 0.3) is 0 Å². The minimum Gasteiger partial charge on any atom is -0.395 e. The molecule has 0 unspecified atom stereocenters. The van der Waals surface area contributed by atoms with Crippen molar-refractivity contribution in [1.29, 1.82) is 0 Å². The lowest BCUT2D eigenvalue weighted by Crippen LogP contribution is -2.36. The third kappa shape index (κ3) is 4.15. The van der Waals surface area contributed by atoms with Crippen LogP contribution in [0.1, 0.15) is 5.56 Å². The van der Waals surface area contributed by atoms with Crippen LogP contribution in [0.2, 0.25) is 0 Å². The second-order valence-corrected chi connectivity index (χ2v) is 3.74. The molecule has 0 spiro atoms. The molecule has 3 nitrogen and oxygen atoms in total. The first kappa shape index (κ1) is 14.7. The number of alkyl halides is 3. The average Bonchev–Trinajstić information content (AvgIpc) is 2.26. The van der Waals surface area contributed by atoms with E-state index in [-0.39, 0.29) is 24.3 Å². The maximum absolute atomic E-state index is 13.4. The van der Waals surface area contributed by atoms with E-state index in [9.17, 15) is 17.6 Å². The third-order valence-electron chi connectivity index (χ3n) is 2.36. The zero-order valence-electron chi connectivity index (χ0n) is 9.54. The Hall–Kier alpha value is -1.34. The SMILES string of the molecule is NCc1ccc(N(CCO)CC(F)(F)F)cc1F. The summed E-state index contributed by atoms with van der Waals surface area (Å²) in [6.45, 7) is -1.93. The van der Waals surface area contributed by atoms with Crippen LogP contribution < -0.4 is 10.6 Å². The van der Waals surface area contributed by atoms with Crippen molar-refractivity contribution in [1.82, 2.24) is 0 Å². The molecule has 1 aromatic rings. The number of aliphatic hydroxyl groups is 1. The third-order valence-corrected chi connectivity index (χ3v) is 2.36. The number of hydrogen-bond donors (Lipinski definition) is 2. The largest absolute Gasteiger partial charge is 0.405 e. The lowest BCUT2D eigenvalue weighted by Gasteiger charge is -2.25. The summed E-state index contributed by atoms with van der Waals surface area (Å²) in [5, 5.41) is 8.74. The van der Waals surface area contributed by atoms with Crippen LogP contribution in [0.3, 0.4) is 0 Å². The van der Waals surface area contributed by atoms with Crippen LogP contribution in [0, 0.1) is 5.82 Å². The van der Waals surface area contributed by atoms with E-state index in [1.807, 2.05) is 0 Å². The number of hydrogen-bond acceptors (Lipinski definition) is 3. The van der Waals surface area contributed by atoms with Crippen molar-refractivity contribution < 1.29 is 22.7 Å². The Kier molecular flexibility index (Phi) is 4.92. The summed E-state index contributed by atoms with van der Waals surface area (Å²) < 4.78 is 50.4.